The Bertz CT molecular complexity index is 678. The number of azo groups is 2. The molecule has 0 saturated carbocycles. The summed E-state index contributed by atoms with van der Waals surface area (Å²) in [5, 5.41) is 17.0. The lowest BCUT2D eigenvalue weighted by molar-refractivity contribution is 0.713. The van der Waals surface area contributed by atoms with Crippen molar-refractivity contribution in [3.8, 4) is 0 Å². The fraction of sp³-hybridized carbons (Fsp3) is 0.417. The van der Waals surface area contributed by atoms with E-state index < -0.39 is 0 Å². The topological polar surface area (TPSA) is 49.4 Å². The van der Waals surface area contributed by atoms with E-state index in [1.165, 1.54) is 25.7 Å². The summed E-state index contributed by atoms with van der Waals surface area (Å²) in [5.41, 5.74) is 4.10. The van der Waals surface area contributed by atoms with Crippen LogP contribution in [0.15, 0.2) is 69.0 Å². The predicted molar refractivity (Wildman–Crippen MR) is 120 cm³/mol. The van der Waals surface area contributed by atoms with Crippen LogP contribution in [0.5, 0.6) is 0 Å². The highest BCUT2D eigenvalue weighted by atomic mass is 15.1. The average molecular weight is 377 g/mol. The van der Waals surface area contributed by atoms with Crippen LogP contribution in [-0.4, -0.2) is 13.1 Å². The molecule has 0 aliphatic rings. The van der Waals surface area contributed by atoms with Crippen LogP contribution in [0.3, 0.4) is 0 Å². The third-order valence-corrected chi connectivity index (χ3v) is 4.35. The van der Waals surface area contributed by atoms with Crippen LogP contribution in [0.2, 0.25) is 0 Å². The highest BCUT2D eigenvalue weighted by Gasteiger charge is 1.93. The van der Waals surface area contributed by atoms with Crippen molar-refractivity contribution >= 4 is 23.5 Å². The number of unbranched alkanes of at least 4 members (excludes halogenated alkanes) is 4. The van der Waals surface area contributed by atoms with Crippen LogP contribution in [-0.2, 0) is 0 Å². The van der Waals surface area contributed by atoms with Gasteiger partial charge in [-0.15, -0.1) is 0 Å². The Morgan fingerprint density at radius 2 is 0.964 bits per heavy atom. The van der Waals surface area contributed by atoms with Crippen molar-refractivity contribution in [2.24, 2.45) is 20.5 Å². The minimum Gasteiger partial charge on any atom is -0.189 e. The average Bonchev–Trinajstić information content (AvgIpc) is 2.74. The molecule has 0 bridgehead atoms. The zero-order valence-corrected chi connectivity index (χ0v) is 17.2. The van der Waals surface area contributed by atoms with E-state index in [2.05, 4.69) is 70.7 Å². The Morgan fingerprint density at radius 3 is 1.32 bits per heavy atom. The Morgan fingerprint density at radius 1 is 0.571 bits per heavy atom. The van der Waals surface area contributed by atoms with E-state index in [1.807, 2.05) is 24.3 Å². The van der Waals surface area contributed by atoms with Crippen molar-refractivity contribution in [3.05, 3.63) is 59.7 Å². The molecule has 2 rings (SSSR count). The molecule has 0 unspecified atom stereocenters. The molecule has 0 radical (unpaired) electrons. The molecular weight excluding hydrogens is 344 g/mol. The molecule has 2 aromatic carbocycles. The Hall–Kier alpha value is -2.62. The van der Waals surface area contributed by atoms with Gasteiger partial charge in [0, 0.05) is 0 Å². The molecule has 4 heteroatoms. The van der Waals surface area contributed by atoms with Crippen LogP contribution in [0, 0.1) is 0 Å². The van der Waals surface area contributed by atoms with Gasteiger partial charge in [0.2, 0.25) is 0 Å². The lowest BCUT2D eigenvalue weighted by atomic mass is 10.1. The van der Waals surface area contributed by atoms with Gasteiger partial charge in [0.05, 0.1) is 24.5 Å². The van der Waals surface area contributed by atoms with Crippen molar-refractivity contribution in [2.45, 2.75) is 52.4 Å². The van der Waals surface area contributed by atoms with Crippen molar-refractivity contribution in [1.29, 1.82) is 0 Å². The van der Waals surface area contributed by atoms with Crippen LogP contribution < -0.4 is 0 Å². The molecule has 0 aromatic heterocycles. The minimum atomic E-state index is 0.809. The van der Waals surface area contributed by atoms with E-state index in [1.54, 1.807) is 0 Å². The first-order valence-electron chi connectivity index (χ1n) is 10.4. The molecule has 28 heavy (non-hydrogen) atoms. The van der Waals surface area contributed by atoms with E-state index in [9.17, 15) is 0 Å². The second-order valence-electron chi connectivity index (χ2n) is 6.86. The molecule has 148 valence electrons. The van der Waals surface area contributed by atoms with Gasteiger partial charge in [-0.25, -0.2) is 0 Å². The zero-order valence-electron chi connectivity index (χ0n) is 17.2. The monoisotopic (exact) mass is 376 g/mol. The molecule has 0 spiro atoms. The molecule has 0 heterocycles. The number of rotatable bonds is 12. The lowest BCUT2D eigenvalue weighted by Crippen LogP contribution is -1.78. The summed E-state index contributed by atoms with van der Waals surface area (Å²) in [5.74, 6) is 0. The summed E-state index contributed by atoms with van der Waals surface area (Å²) >= 11 is 0. The SMILES string of the molecule is CCCCC/N=N/c1ccc(/C=C/c2ccc(/N=N/CCCCC)cc2)cc1. The third kappa shape index (κ3) is 8.85. The maximum absolute atomic E-state index is 4.27. The van der Waals surface area contributed by atoms with Crippen LogP contribution >= 0.6 is 0 Å². The van der Waals surface area contributed by atoms with E-state index in [-0.39, 0.29) is 0 Å². The third-order valence-electron chi connectivity index (χ3n) is 4.35. The minimum absolute atomic E-state index is 0.809. The smallest absolute Gasteiger partial charge is 0.0852 e. The standard InChI is InChI=1S/C24H32N4/c1-3-5-7-19-25-27-23-15-11-21(12-16-23)9-10-22-13-17-24(18-14-22)28-26-20-8-6-4-2/h9-18H,3-8,19-20H2,1-2H3/b10-9+,27-25+,28-26+. The molecule has 0 aliphatic carbocycles. The Balaban J connectivity index is 1.82. The predicted octanol–water partition coefficient (Wildman–Crippen LogP) is 8.40. The summed E-state index contributed by atoms with van der Waals surface area (Å²) < 4.78 is 0. The maximum Gasteiger partial charge on any atom is 0.0852 e. The maximum atomic E-state index is 4.27. The van der Waals surface area contributed by atoms with E-state index in [0.717, 1.165) is 48.4 Å². The second kappa shape index (κ2) is 13.5. The van der Waals surface area contributed by atoms with Gasteiger partial charge in [-0.1, -0.05) is 75.9 Å². The summed E-state index contributed by atoms with van der Waals surface area (Å²) in [7, 11) is 0. The van der Waals surface area contributed by atoms with Crippen LogP contribution in [0.1, 0.15) is 63.5 Å². The molecule has 0 saturated heterocycles. The number of benzene rings is 2. The molecule has 4 nitrogen and oxygen atoms in total. The quantitative estimate of drug-likeness (QED) is 0.203. The first-order valence-corrected chi connectivity index (χ1v) is 10.4. The summed E-state index contributed by atoms with van der Waals surface area (Å²) in [6.07, 6.45) is 11.3. The van der Waals surface area contributed by atoms with Gasteiger partial charge in [0.25, 0.3) is 0 Å². The van der Waals surface area contributed by atoms with Crippen molar-refractivity contribution < 1.29 is 0 Å². The van der Waals surface area contributed by atoms with Crippen LogP contribution in [0.25, 0.3) is 12.2 Å². The normalized spacial score (nSPS) is 11.9. The molecule has 0 fully saturated rings. The van der Waals surface area contributed by atoms with E-state index >= 15 is 0 Å². The molecule has 2 aromatic rings. The van der Waals surface area contributed by atoms with Crippen molar-refractivity contribution in [1.82, 2.24) is 0 Å². The molecule has 0 N–H and O–H groups in total. The fourth-order valence-corrected chi connectivity index (χ4v) is 2.62. The zero-order chi connectivity index (χ0) is 19.9. The van der Waals surface area contributed by atoms with Gasteiger partial charge >= 0.3 is 0 Å². The number of hydrogen-bond acceptors (Lipinski definition) is 4. The van der Waals surface area contributed by atoms with Gasteiger partial charge in [-0.3, -0.25) is 0 Å². The van der Waals surface area contributed by atoms with Gasteiger partial charge in [0.1, 0.15) is 0 Å². The Kier molecular flexibility index (Phi) is 10.5. The molecule has 0 amide bonds. The Labute approximate surface area is 169 Å². The van der Waals surface area contributed by atoms with Gasteiger partial charge in [-0.05, 0) is 48.2 Å². The van der Waals surface area contributed by atoms with Gasteiger partial charge in [0.15, 0.2) is 0 Å². The fourth-order valence-electron chi connectivity index (χ4n) is 2.62. The lowest BCUT2D eigenvalue weighted by Gasteiger charge is -1.98. The van der Waals surface area contributed by atoms with Crippen molar-refractivity contribution in [2.75, 3.05) is 13.1 Å². The first-order chi connectivity index (χ1) is 13.8. The van der Waals surface area contributed by atoms with Crippen molar-refractivity contribution in [3.63, 3.8) is 0 Å². The number of hydrogen-bond donors (Lipinski definition) is 0. The molecular formula is C24H32N4. The highest BCUT2D eigenvalue weighted by Crippen LogP contribution is 2.18. The second-order valence-corrected chi connectivity index (χ2v) is 6.86. The molecule has 0 atom stereocenters. The van der Waals surface area contributed by atoms with Crippen LogP contribution in [0.4, 0.5) is 11.4 Å². The van der Waals surface area contributed by atoms with Gasteiger partial charge in [-0.2, -0.15) is 20.5 Å². The summed E-state index contributed by atoms with van der Waals surface area (Å²) in [6, 6.07) is 16.3. The number of nitrogens with zero attached hydrogens (tertiary/aromatic N) is 4. The highest BCUT2D eigenvalue weighted by molar-refractivity contribution is 5.70. The van der Waals surface area contributed by atoms with E-state index in [0.29, 0.717) is 0 Å². The largest absolute Gasteiger partial charge is 0.189 e. The molecule has 0 aliphatic heterocycles. The first kappa shape index (κ1) is 21.7. The van der Waals surface area contributed by atoms with Gasteiger partial charge < -0.3 is 0 Å². The summed E-state index contributed by atoms with van der Waals surface area (Å²) in [6.45, 7) is 6.00. The summed E-state index contributed by atoms with van der Waals surface area (Å²) in [4.78, 5) is 0. The van der Waals surface area contributed by atoms with E-state index in [4.69, 9.17) is 0 Å².